The second kappa shape index (κ2) is 8.73. The lowest BCUT2D eigenvalue weighted by Gasteiger charge is -2.34. The molecule has 1 saturated heterocycles. The molecular weight excluding hydrogens is 414 g/mol. The van der Waals surface area contributed by atoms with E-state index in [0.717, 1.165) is 41.8 Å². The lowest BCUT2D eigenvalue weighted by Crippen LogP contribution is -2.50. The molecule has 3 aromatic rings. The van der Waals surface area contributed by atoms with E-state index in [2.05, 4.69) is 33.9 Å². The Bertz CT molecular complexity index is 1220. The highest BCUT2D eigenvalue weighted by molar-refractivity contribution is 6.01. The van der Waals surface area contributed by atoms with Crippen LogP contribution in [0, 0.1) is 0 Å². The van der Waals surface area contributed by atoms with Gasteiger partial charge in [0.2, 0.25) is 0 Å². The third-order valence-electron chi connectivity index (χ3n) is 6.63. The van der Waals surface area contributed by atoms with Gasteiger partial charge in [0.15, 0.2) is 0 Å². The number of fused-ring (bicyclic) bond motifs is 1. The van der Waals surface area contributed by atoms with Crippen LogP contribution < -0.4 is 0 Å². The monoisotopic (exact) mass is 443 g/mol. The minimum absolute atomic E-state index is 0.00747. The Morgan fingerprint density at radius 2 is 1.61 bits per heavy atom. The number of rotatable bonds is 4. The highest BCUT2D eigenvalue weighted by Gasteiger charge is 2.26. The number of carbonyl (C=O) groups excluding carboxylic acids is 2. The van der Waals surface area contributed by atoms with Gasteiger partial charge in [-0.15, -0.1) is 0 Å². The Morgan fingerprint density at radius 3 is 2.24 bits per heavy atom. The van der Waals surface area contributed by atoms with Crippen molar-refractivity contribution in [3.63, 3.8) is 0 Å². The van der Waals surface area contributed by atoms with Crippen LogP contribution in [-0.2, 0) is 6.42 Å². The zero-order valence-electron chi connectivity index (χ0n) is 19.2. The van der Waals surface area contributed by atoms with Crippen molar-refractivity contribution in [3.05, 3.63) is 70.9 Å². The fourth-order valence-electron chi connectivity index (χ4n) is 4.59. The molecule has 0 aliphatic carbocycles. The van der Waals surface area contributed by atoms with Crippen molar-refractivity contribution in [1.29, 1.82) is 0 Å². The van der Waals surface area contributed by atoms with Gasteiger partial charge in [-0.25, -0.2) is 0 Å². The number of aryl methyl sites for hydroxylation is 1. The van der Waals surface area contributed by atoms with Gasteiger partial charge in [0.05, 0.1) is 6.54 Å². The highest BCUT2D eigenvalue weighted by atomic mass is 16.2. The van der Waals surface area contributed by atoms with Crippen molar-refractivity contribution in [2.75, 3.05) is 46.3 Å². The number of amidine groups is 1. The van der Waals surface area contributed by atoms with E-state index in [1.807, 2.05) is 53.2 Å². The predicted octanol–water partition coefficient (Wildman–Crippen LogP) is 3.02. The standard InChI is InChI=1S/C26H29N5O2/c1-3-18-4-9-22-21(16-18)17-23(28-22)26(33)31-14-12-30(13-15-31)25(32)20-7-5-19(6-8-20)24-27-10-11-29(24)2/h4-9,16-17,28H,3,10-15H2,1-2H3. The molecule has 1 fully saturated rings. The van der Waals surface area contributed by atoms with Crippen molar-refractivity contribution in [2.45, 2.75) is 13.3 Å². The third-order valence-corrected chi connectivity index (χ3v) is 6.63. The average Bonchev–Trinajstić information content (AvgIpc) is 3.49. The number of aromatic amines is 1. The molecule has 33 heavy (non-hydrogen) atoms. The van der Waals surface area contributed by atoms with Gasteiger partial charge in [0, 0.05) is 61.8 Å². The number of likely N-dealkylation sites (N-methyl/N-ethyl adjacent to an activating group) is 1. The predicted molar refractivity (Wildman–Crippen MR) is 130 cm³/mol. The van der Waals surface area contributed by atoms with Gasteiger partial charge in [-0.1, -0.05) is 25.1 Å². The molecular formula is C26H29N5O2. The molecule has 0 unspecified atom stereocenters. The van der Waals surface area contributed by atoms with Crippen LogP contribution in [0.3, 0.4) is 0 Å². The molecule has 0 bridgehead atoms. The van der Waals surface area contributed by atoms with Crippen LogP contribution in [0.2, 0.25) is 0 Å². The van der Waals surface area contributed by atoms with Gasteiger partial charge in [0.1, 0.15) is 11.5 Å². The van der Waals surface area contributed by atoms with Crippen LogP contribution in [0.1, 0.15) is 38.9 Å². The minimum Gasteiger partial charge on any atom is -0.358 e. The molecule has 2 aliphatic rings. The van der Waals surface area contributed by atoms with E-state index >= 15 is 0 Å². The molecule has 0 atom stereocenters. The van der Waals surface area contributed by atoms with Gasteiger partial charge < -0.3 is 19.7 Å². The summed E-state index contributed by atoms with van der Waals surface area (Å²) >= 11 is 0. The zero-order valence-corrected chi connectivity index (χ0v) is 19.2. The van der Waals surface area contributed by atoms with Crippen LogP contribution in [0.15, 0.2) is 53.5 Å². The van der Waals surface area contributed by atoms with E-state index in [4.69, 9.17) is 0 Å². The maximum Gasteiger partial charge on any atom is 0.270 e. The lowest BCUT2D eigenvalue weighted by atomic mass is 10.1. The van der Waals surface area contributed by atoms with E-state index < -0.39 is 0 Å². The van der Waals surface area contributed by atoms with Gasteiger partial charge in [-0.05, 0) is 42.3 Å². The number of amides is 2. The molecule has 2 aliphatic heterocycles. The molecule has 3 heterocycles. The van der Waals surface area contributed by atoms with E-state index in [9.17, 15) is 9.59 Å². The minimum atomic E-state index is -0.0119. The van der Waals surface area contributed by atoms with Gasteiger partial charge in [-0.3, -0.25) is 14.6 Å². The Hall–Kier alpha value is -3.61. The number of piperazine rings is 1. The zero-order chi connectivity index (χ0) is 22.9. The van der Waals surface area contributed by atoms with Crippen molar-refractivity contribution < 1.29 is 9.59 Å². The molecule has 0 radical (unpaired) electrons. The maximum atomic E-state index is 13.0. The Kier molecular flexibility index (Phi) is 5.62. The molecule has 0 spiro atoms. The topological polar surface area (TPSA) is 72.0 Å². The fraction of sp³-hybridized carbons (Fsp3) is 0.346. The quantitative estimate of drug-likeness (QED) is 0.674. The second-order valence-corrected chi connectivity index (χ2v) is 8.75. The SMILES string of the molecule is CCc1ccc2[nH]c(C(=O)N3CCN(C(=O)c4ccc(C5=NCCN5C)cc4)CC3)cc2c1. The summed E-state index contributed by atoms with van der Waals surface area (Å²) in [5.41, 5.74) is 4.54. The number of hydrogen-bond acceptors (Lipinski definition) is 4. The summed E-state index contributed by atoms with van der Waals surface area (Å²) in [4.78, 5) is 39.6. The fourth-order valence-corrected chi connectivity index (χ4v) is 4.59. The summed E-state index contributed by atoms with van der Waals surface area (Å²) in [7, 11) is 2.03. The van der Waals surface area contributed by atoms with E-state index in [1.165, 1.54) is 5.56 Å². The molecule has 1 N–H and O–H groups in total. The smallest absolute Gasteiger partial charge is 0.270 e. The summed E-state index contributed by atoms with van der Waals surface area (Å²) in [5.74, 6) is 0.972. The largest absolute Gasteiger partial charge is 0.358 e. The van der Waals surface area contributed by atoms with Crippen molar-refractivity contribution >= 4 is 28.6 Å². The molecule has 5 rings (SSSR count). The molecule has 170 valence electrons. The number of H-pyrrole nitrogens is 1. The Balaban J connectivity index is 1.21. The van der Waals surface area contributed by atoms with Crippen LogP contribution in [0.5, 0.6) is 0 Å². The molecule has 7 heteroatoms. The van der Waals surface area contributed by atoms with E-state index in [1.54, 1.807) is 0 Å². The number of aromatic nitrogens is 1. The second-order valence-electron chi connectivity index (χ2n) is 8.75. The summed E-state index contributed by atoms with van der Waals surface area (Å²) in [5, 5.41) is 1.06. The average molecular weight is 444 g/mol. The summed E-state index contributed by atoms with van der Waals surface area (Å²) < 4.78 is 0. The first-order valence-corrected chi connectivity index (χ1v) is 11.6. The molecule has 1 aromatic heterocycles. The summed E-state index contributed by atoms with van der Waals surface area (Å²) in [6, 6.07) is 15.9. The number of nitrogens with zero attached hydrogens (tertiary/aromatic N) is 4. The first kappa shape index (κ1) is 21.2. The van der Waals surface area contributed by atoms with Crippen LogP contribution in [0.25, 0.3) is 10.9 Å². The Labute approximate surface area is 193 Å². The third kappa shape index (κ3) is 4.11. The van der Waals surface area contributed by atoms with E-state index in [-0.39, 0.29) is 11.8 Å². The van der Waals surface area contributed by atoms with E-state index in [0.29, 0.717) is 37.4 Å². The van der Waals surface area contributed by atoms with Crippen molar-refractivity contribution in [2.24, 2.45) is 4.99 Å². The normalized spacial score (nSPS) is 16.4. The first-order chi connectivity index (χ1) is 16.0. The summed E-state index contributed by atoms with van der Waals surface area (Å²) in [6.07, 6.45) is 0.967. The molecule has 2 amide bonds. The Morgan fingerprint density at radius 1 is 0.909 bits per heavy atom. The van der Waals surface area contributed by atoms with Crippen LogP contribution in [0.4, 0.5) is 0 Å². The van der Waals surface area contributed by atoms with Gasteiger partial charge in [-0.2, -0.15) is 0 Å². The summed E-state index contributed by atoms with van der Waals surface area (Å²) in [6.45, 7) is 5.98. The number of benzene rings is 2. The number of nitrogens with one attached hydrogen (secondary N) is 1. The lowest BCUT2D eigenvalue weighted by molar-refractivity contribution is 0.0533. The number of aliphatic imine (C=N–C) groups is 1. The van der Waals surface area contributed by atoms with Crippen LogP contribution in [-0.4, -0.2) is 83.6 Å². The van der Waals surface area contributed by atoms with Crippen molar-refractivity contribution in [3.8, 4) is 0 Å². The number of hydrogen-bond donors (Lipinski definition) is 1. The van der Waals surface area contributed by atoms with Gasteiger partial charge >= 0.3 is 0 Å². The number of carbonyl (C=O) groups is 2. The molecule has 0 saturated carbocycles. The maximum absolute atomic E-state index is 13.0. The van der Waals surface area contributed by atoms with Crippen LogP contribution >= 0.6 is 0 Å². The molecule has 7 nitrogen and oxygen atoms in total. The first-order valence-electron chi connectivity index (χ1n) is 11.6. The van der Waals surface area contributed by atoms with Gasteiger partial charge in [0.25, 0.3) is 11.8 Å². The highest BCUT2D eigenvalue weighted by Crippen LogP contribution is 2.20. The molecule has 2 aromatic carbocycles. The van der Waals surface area contributed by atoms with Crippen molar-refractivity contribution in [1.82, 2.24) is 19.7 Å².